The van der Waals surface area contributed by atoms with Gasteiger partial charge in [0.1, 0.15) is 5.75 Å². The van der Waals surface area contributed by atoms with Crippen LogP contribution in [-0.4, -0.2) is 41.4 Å². The first-order chi connectivity index (χ1) is 10.9. The van der Waals surface area contributed by atoms with Crippen LogP contribution in [0.2, 0.25) is 0 Å². The maximum Gasteiger partial charge on any atom is 0.321 e. The molecule has 1 heterocycles. The number of aromatic nitrogens is 2. The maximum atomic E-state index is 12.3. The highest BCUT2D eigenvalue weighted by Crippen LogP contribution is 2.23. The van der Waals surface area contributed by atoms with Gasteiger partial charge in [0.05, 0.1) is 18.5 Å². The minimum atomic E-state index is -0.159. The van der Waals surface area contributed by atoms with E-state index in [9.17, 15) is 4.79 Å². The number of nitrogens with zero attached hydrogens (tertiary/aromatic N) is 3. The number of carbonyl (C=O) groups excluding carboxylic acids is 1. The van der Waals surface area contributed by atoms with Gasteiger partial charge >= 0.3 is 6.03 Å². The number of hydrogen-bond acceptors (Lipinski definition) is 3. The molecule has 23 heavy (non-hydrogen) atoms. The van der Waals surface area contributed by atoms with Gasteiger partial charge in [-0.15, -0.1) is 0 Å². The van der Waals surface area contributed by atoms with E-state index < -0.39 is 0 Å². The molecule has 2 amide bonds. The molecule has 1 aromatic heterocycles. The second kappa shape index (κ2) is 7.17. The first kappa shape index (κ1) is 16.9. The fourth-order valence-corrected chi connectivity index (χ4v) is 2.52. The summed E-state index contributed by atoms with van der Waals surface area (Å²) in [5, 5.41) is 7.28. The van der Waals surface area contributed by atoms with Gasteiger partial charge in [0.2, 0.25) is 0 Å². The van der Waals surface area contributed by atoms with Crippen LogP contribution in [0.4, 0.5) is 10.5 Å². The number of methoxy groups -OCH3 is 1. The van der Waals surface area contributed by atoms with Crippen LogP contribution in [0.25, 0.3) is 0 Å². The Morgan fingerprint density at radius 2 is 2.04 bits per heavy atom. The van der Waals surface area contributed by atoms with Crippen LogP contribution in [0.5, 0.6) is 5.75 Å². The van der Waals surface area contributed by atoms with Gasteiger partial charge in [-0.05, 0) is 38.0 Å². The van der Waals surface area contributed by atoms with Crippen molar-refractivity contribution in [3.63, 3.8) is 0 Å². The molecule has 0 radical (unpaired) electrons. The van der Waals surface area contributed by atoms with Crippen molar-refractivity contribution in [1.29, 1.82) is 0 Å². The summed E-state index contributed by atoms with van der Waals surface area (Å²) < 4.78 is 7.12. The first-order valence-corrected chi connectivity index (χ1v) is 7.58. The number of ether oxygens (including phenoxy) is 1. The van der Waals surface area contributed by atoms with Crippen molar-refractivity contribution in [2.24, 2.45) is 7.05 Å². The van der Waals surface area contributed by atoms with Gasteiger partial charge in [0, 0.05) is 26.3 Å². The lowest BCUT2D eigenvalue weighted by molar-refractivity contribution is 0.223. The van der Waals surface area contributed by atoms with Crippen LogP contribution in [0.1, 0.15) is 17.0 Å². The number of urea groups is 1. The molecule has 0 atom stereocenters. The number of rotatable bonds is 5. The predicted molar refractivity (Wildman–Crippen MR) is 91.0 cm³/mol. The van der Waals surface area contributed by atoms with E-state index in [0.717, 1.165) is 17.8 Å². The number of nitrogens with one attached hydrogen (secondary N) is 1. The Labute approximate surface area is 137 Å². The molecule has 0 aliphatic carbocycles. The van der Waals surface area contributed by atoms with E-state index in [4.69, 9.17) is 4.74 Å². The van der Waals surface area contributed by atoms with Crippen LogP contribution in [0.15, 0.2) is 24.3 Å². The molecular formula is C17H24N4O2. The third-order valence-electron chi connectivity index (χ3n) is 4.05. The van der Waals surface area contributed by atoms with Crippen molar-refractivity contribution in [3.8, 4) is 5.75 Å². The summed E-state index contributed by atoms with van der Waals surface area (Å²) >= 11 is 0. The molecule has 124 valence electrons. The number of likely N-dealkylation sites (N-methyl/N-ethyl adjacent to an activating group) is 1. The Hall–Kier alpha value is -2.50. The molecule has 0 fully saturated rings. The van der Waals surface area contributed by atoms with Crippen LogP contribution >= 0.6 is 0 Å². The zero-order chi connectivity index (χ0) is 17.0. The van der Waals surface area contributed by atoms with E-state index in [1.807, 2.05) is 49.8 Å². The average molecular weight is 316 g/mol. The summed E-state index contributed by atoms with van der Waals surface area (Å²) in [5.74, 6) is 0.646. The van der Waals surface area contributed by atoms with Gasteiger partial charge in [-0.1, -0.05) is 12.1 Å². The molecule has 0 saturated carbocycles. The molecule has 0 aliphatic heterocycles. The van der Waals surface area contributed by atoms with E-state index in [1.165, 1.54) is 5.56 Å². The summed E-state index contributed by atoms with van der Waals surface area (Å²) in [7, 11) is 5.30. The van der Waals surface area contributed by atoms with Crippen molar-refractivity contribution < 1.29 is 9.53 Å². The monoisotopic (exact) mass is 316 g/mol. The normalized spacial score (nSPS) is 10.5. The Morgan fingerprint density at radius 1 is 1.35 bits per heavy atom. The highest BCUT2D eigenvalue weighted by molar-refractivity contribution is 5.90. The molecular weight excluding hydrogens is 292 g/mol. The molecule has 6 heteroatoms. The molecule has 2 aromatic rings. The lowest BCUT2D eigenvalue weighted by Gasteiger charge is -2.19. The van der Waals surface area contributed by atoms with E-state index in [1.54, 1.807) is 19.1 Å². The number of anilines is 1. The molecule has 1 N–H and O–H groups in total. The second-order valence-electron chi connectivity index (χ2n) is 5.57. The molecule has 1 aromatic carbocycles. The lowest BCUT2D eigenvalue weighted by Crippen LogP contribution is -2.33. The van der Waals surface area contributed by atoms with E-state index in [-0.39, 0.29) is 6.03 Å². The van der Waals surface area contributed by atoms with E-state index in [0.29, 0.717) is 18.0 Å². The van der Waals surface area contributed by atoms with Crippen molar-refractivity contribution in [1.82, 2.24) is 14.7 Å². The van der Waals surface area contributed by atoms with Crippen molar-refractivity contribution in [2.75, 3.05) is 26.0 Å². The minimum absolute atomic E-state index is 0.159. The maximum absolute atomic E-state index is 12.3. The van der Waals surface area contributed by atoms with Crippen molar-refractivity contribution in [2.45, 2.75) is 20.3 Å². The molecule has 6 nitrogen and oxygen atoms in total. The molecule has 0 saturated heterocycles. The number of carbonyl (C=O) groups is 1. The summed E-state index contributed by atoms with van der Waals surface area (Å²) in [6, 6.07) is 7.21. The number of hydrogen-bond donors (Lipinski definition) is 1. The summed E-state index contributed by atoms with van der Waals surface area (Å²) in [5.41, 5.74) is 4.02. The highest BCUT2D eigenvalue weighted by Gasteiger charge is 2.14. The third kappa shape index (κ3) is 3.83. The number of para-hydroxylation sites is 2. The Morgan fingerprint density at radius 3 is 2.65 bits per heavy atom. The highest BCUT2D eigenvalue weighted by atomic mass is 16.5. The standard InChI is InChI=1S/C17H24N4O2/c1-12-14(13(2)21(4)19-12)10-11-20(3)17(22)18-15-8-6-7-9-16(15)23-5/h6-9H,10-11H2,1-5H3,(H,18,22). The molecule has 0 unspecified atom stereocenters. The number of aryl methyl sites for hydroxylation is 2. The van der Waals surface area contributed by atoms with Gasteiger partial charge < -0.3 is 15.0 Å². The fraction of sp³-hybridized carbons (Fsp3) is 0.412. The lowest BCUT2D eigenvalue weighted by atomic mass is 10.1. The smallest absolute Gasteiger partial charge is 0.321 e. The quantitative estimate of drug-likeness (QED) is 0.922. The summed E-state index contributed by atoms with van der Waals surface area (Å²) in [6.07, 6.45) is 0.779. The van der Waals surface area contributed by atoms with Gasteiger partial charge in [0.15, 0.2) is 0 Å². The Kier molecular flexibility index (Phi) is 5.26. The third-order valence-corrected chi connectivity index (χ3v) is 4.05. The predicted octanol–water partition coefficient (Wildman–Crippen LogP) is 2.75. The minimum Gasteiger partial charge on any atom is -0.495 e. The fourth-order valence-electron chi connectivity index (χ4n) is 2.52. The van der Waals surface area contributed by atoms with Crippen LogP contribution in [0.3, 0.4) is 0 Å². The summed E-state index contributed by atoms with van der Waals surface area (Å²) in [6.45, 7) is 4.66. The van der Waals surface area contributed by atoms with Crippen LogP contribution in [0, 0.1) is 13.8 Å². The van der Waals surface area contributed by atoms with Gasteiger partial charge in [0.25, 0.3) is 0 Å². The zero-order valence-corrected chi connectivity index (χ0v) is 14.4. The first-order valence-electron chi connectivity index (χ1n) is 7.58. The number of amides is 2. The molecule has 0 spiro atoms. The Balaban J connectivity index is 1.97. The zero-order valence-electron chi connectivity index (χ0n) is 14.4. The molecule has 0 aliphatic rings. The largest absolute Gasteiger partial charge is 0.495 e. The second-order valence-corrected chi connectivity index (χ2v) is 5.57. The van der Waals surface area contributed by atoms with Crippen molar-refractivity contribution >= 4 is 11.7 Å². The van der Waals surface area contributed by atoms with Gasteiger partial charge in [-0.3, -0.25) is 4.68 Å². The topological polar surface area (TPSA) is 59.4 Å². The van der Waals surface area contributed by atoms with Gasteiger partial charge in [-0.2, -0.15) is 5.10 Å². The summed E-state index contributed by atoms with van der Waals surface area (Å²) in [4.78, 5) is 14.0. The number of benzene rings is 1. The average Bonchev–Trinajstić information content (AvgIpc) is 2.78. The SMILES string of the molecule is COc1ccccc1NC(=O)N(C)CCc1c(C)nn(C)c1C. The molecule has 2 rings (SSSR count). The molecule has 0 bridgehead atoms. The van der Waals surface area contributed by atoms with Crippen LogP contribution < -0.4 is 10.1 Å². The van der Waals surface area contributed by atoms with Gasteiger partial charge in [-0.25, -0.2) is 4.79 Å². The van der Waals surface area contributed by atoms with E-state index >= 15 is 0 Å². The van der Waals surface area contributed by atoms with E-state index in [2.05, 4.69) is 10.4 Å². The Bertz CT molecular complexity index is 694. The van der Waals surface area contributed by atoms with Crippen LogP contribution in [-0.2, 0) is 13.5 Å². The van der Waals surface area contributed by atoms with Crippen molar-refractivity contribution in [3.05, 3.63) is 41.2 Å².